The predicted molar refractivity (Wildman–Crippen MR) is 60.0 cm³/mol. The SMILES string of the molecule is CCCCNc1ccn(CCO)n1.Cl. The molecule has 1 aromatic heterocycles. The number of nitrogens with one attached hydrogen (secondary N) is 1. The fraction of sp³-hybridized carbons (Fsp3) is 0.667. The van der Waals surface area contributed by atoms with Crippen LogP contribution in [0.5, 0.6) is 0 Å². The van der Waals surface area contributed by atoms with E-state index in [1.807, 2.05) is 12.3 Å². The molecule has 0 aliphatic heterocycles. The standard InChI is InChI=1S/C9H17N3O.ClH/c1-2-3-5-10-9-4-6-12(11-9)7-8-13;/h4,6,13H,2-3,5,7-8H2,1H3,(H,10,11);1H. The van der Waals surface area contributed by atoms with E-state index >= 15 is 0 Å². The van der Waals surface area contributed by atoms with Gasteiger partial charge in [-0.1, -0.05) is 13.3 Å². The van der Waals surface area contributed by atoms with Crippen LogP contribution >= 0.6 is 12.4 Å². The van der Waals surface area contributed by atoms with Crippen molar-refractivity contribution in [1.82, 2.24) is 9.78 Å². The molecule has 0 bridgehead atoms. The van der Waals surface area contributed by atoms with Crippen molar-refractivity contribution in [2.45, 2.75) is 26.3 Å². The van der Waals surface area contributed by atoms with Crippen LogP contribution in [-0.2, 0) is 6.54 Å². The maximum atomic E-state index is 8.66. The molecule has 0 aromatic carbocycles. The molecule has 0 aliphatic rings. The Morgan fingerprint density at radius 2 is 2.36 bits per heavy atom. The van der Waals surface area contributed by atoms with Gasteiger partial charge in [-0.2, -0.15) is 5.10 Å². The molecular formula is C9H18ClN3O. The van der Waals surface area contributed by atoms with Gasteiger partial charge in [-0.3, -0.25) is 4.68 Å². The van der Waals surface area contributed by atoms with E-state index in [0.29, 0.717) is 6.54 Å². The predicted octanol–water partition coefficient (Wildman–Crippen LogP) is 1.51. The maximum Gasteiger partial charge on any atom is 0.147 e. The molecule has 0 aliphatic carbocycles. The molecule has 0 unspecified atom stereocenters. The van der Waals surface area contributed by atoms with Crippen molar-refractivity contribution in [2.24, 2.45) is 0 Å². The second-order valence-corrected chi connectivity index (χ2v) is 2.97. The number of aliphatic hydroxyl groups is 1. The Labute approximate surface area is 90.7 Å². The molecule has 0 saturated heterocycles. The fourth-order valence-corrected chi connectivity index (χ4v) is 1.08. The van der Waals surface area contributed by atoms with Crippen molar-refractivity contribution in [3.8, 4) is 0 Å². The van der Waals surface area contributed by atoms with E-state index in [9.17, 15) is 0 Å². The number of nitrogens with zero attached hydrogens (tertiary/aromatic N) is 2. The van der Waals surface area contributed by atoms with E-state index in [1.165, 1.54) is 6.42 Å². The lowest BCUT2D eigenvalue weighted by atomic mass is 10.3. The third-order valence-electron chi connectivity index (χ3n) is 1.81. The van der Waals surface area contributed by atoms with Crippen LogP contribution in [0.1, 0.15) is 19.8 Å². The summed E-state index contributed by atoms with van der Waals surface area (Å²) in [4.78, 5) is 0. The van der Waals surface area contributed by atoms with Gasteiger partial charge < -0.3 is 10.4 Å². The zero-order valence-electron chi connectivity index (χ0n) is 8.44. The molecule has 0 fully saturated rings. The average Bonchev–Trinajstić information content (AvgIpc) is 2.54. The summed E-state index contributed by atoms with van der Waals surface area (Å²) in [5, 5.41) is 16.1. The van der Waals surface area contributed by atoms with Crippen LogP contribution in [0.2, 0.25) is 0 Å². The lowest BCUT2D eigenvalue weighted by Crippen LogP contribution is -2.05. The van der Waals surface area contributed by atoms with Gasteiger partial charge in [0.25, 0.3) is 0 Å². The third-order valence-corrected chi connectivity index (χ3v) is 1.81. The summed E-state index contributed by atoms with van der Waals surface area (Å²) >= 11 is 0. The number of unbranched alkanes of at least 4 members (excludes halogenated alkanes) is 1. The number of halogens is 1. The molecule has 0 saturated carbocycles. The molecule has 1 rings (SSSR count). The molecule has 0 radical (unpaired) electrons. The summed E-state index contributed by atoms with van der Waals surface area (Å²) in [6.07, 6.45) is 4.21. The van der Waals surface area contributed by atoms with Crippen molar-refractivity contribution in [3.05, 3.63) is 12.3 Å². The first kappa shape index (κ1) is 13.3. The van der Waals surface area contributed by atoms with Crippen LogP contribution in [0.15, 0.2) is 12.3 Å². The van der Waals surface area contributed by atoms with E-state index in [4.69, 9.17) is 5.11 Å². The molecule has 5 heteroatoms. The van der Waals surface area contributed by atoms with Gasteiger partial charge in [0.05, 0.1) is 13.2 Å². The lowest BCUT2D eigenvalue weighted by molar-refractivity contribution is 0.269. The van der Waals surface area contributed by atoms with Crippen molar-refractivity contribution in [1.29, 1.82) is 0 Å². The largest absolute Gasteiger partial charge is 0.394 e. The highest BCUT2D eigenvalue weighted by Crippen LogP contribution is 2.02. The number of aliphatic hydroxyl groups excluding tert-OH is 1. The number of hydrogen-bond donors (Lipinski definition) is 2. The van der Waals surface area contributed by atoms with Crippen LogP contribution in [0.25, 0.3) is 0 Å². The average molecular weight is 220 g/mol. The van der Waals surface area contributed by atoms with Gasteiger partial charge >= 0.3 is 0 Å². The fourth-order valence-electron chi connectivity index (χ4n) is 1.08. The highest BCUT2D eigenvalue weighted by molar-refractivity contribution is 5.85. The summed E-state index contributed by atoms with van der Waals surface area (Å²) in [7, 11) is 0. The van der Waals surface area contributed by atoms with Crippen LogP contribution in [-0.4, -0.2) is 28.0 Å². The normalized spacial score (nSPS) is 9.57. The highest BCUT2D eigenvalue weighted by Gasteiger charge is 1.95. The first-order chi connectivity index (χ1) is 6.36. The second-order valence-electron chi connectivity index (χ2n) is 2.97. The van der Waals surface area contributed by atoms with Gasteiger partial charge in [-0.25, -0.2) is 0 Å². The molecule has 0 spiro atoms. The topological polar surface area (TPSA) is 50.1 Å². The Balaban J connectivity index is 0.00000169. The van der Waals surface area contributed by atoms with Crippen LogP contribution in [0.3, 0.4) is 0 Å². The highest BCUT2D eigenvalue weighted by atomic mass is 35.5. The first-order valence-electron chi connectivity index (χ1n) is 4.75. The van der Waals surface area contributed by atoms with Gasteiger partial charge in [-0.05, 0) is 6.42 Å². The van der Waals surface area contributed by atoms with Gasteiger partial charge in [0.15, 0.2) is 0 Å². The molecule has 1 heterocycles. The Morgan fingerprint density at radius 1 is 1.57 bits per heavy atom. The summed E-state index contributed by atoms with van der Waals surface area (Å²) in [5.74, 6) is 0.891. The summed E-state index contributed by atoms with van der Waals surface area (Å²) in [6.45, 7) is 3.82. The van der Waals surface area contributed by atoms with Crippen LogP contribution in [0.4, 0.5) is 5.82 Å². The molecule has 0 amide bonds. The Morgan fingerprint density at radius 3 is 3.00 bits per heavy atom. The van der Waals surface area contributed by atoms with Crippen LogP contribution < -0.4 is 5.32 Å². The minimum atomic E-state index is 0. The minimum Gasteiger partial charge on any atom is -0.394 e. The van der Waals surface area contributed by atoms with E-state index in [2.05, 4.69) is 17.3 Å². The minimum absolute atomic E-state index is 0. The number of hydrogen-bond acceptors (Lipinski definition) is 3. The second kappa shape index (κ2) is 7.64. The summed E-state index contributed by atoms with van der Waals surface area (Å²) in [5.41, 5.74) is 0. The maximum absolute atomic E-state index is 8.66. The number of anilines is 1. The molecule has 4 nitrogen and oxygen atoms in total. The van der Waals surface area contributed by atoms with Gasteiger partial charge in [0, 0.05) is 18.8 Å². The van der Waals surface area contributed by atoms with Crippen molar-refractivity contribution in [3.63, 3.8) is 0 Å². The van der Waals surface area contributed by atoms with Crippen molar-refractivity contribution < 1.29 is 5.11 Å². The van der Waals surface area contributed by atoms with Gasteiger partial charge in [-0.15, -0.1) is 12.4 Å². The molecule has 82 valence electrons. The molecule has 2 N–H and O–H groups in total. The Bertz CT molecular complexity index is 240. The van der Waals surface area contributed by atoms with Crippen molar-refractivity contribution >= 4 is 18.2 Å². The third kappa shape index (κ3) is 4.48. The monoisotopic (exact) mass is 219 g/mol. The molecule has 1 aromatic rings. The van der Waals surface area contributed by atoms with Crippen molar-refractivity contribution in [2.75, 3.05) is 18.5 Å². The Hall–Kier alpha value is -0.740. The smallest absolute Gasteiger partial charge is 0.147 e. The summed E-state index contributed by atoms with van der Waals surface area (Å²) in [6, 6.07) is 1.92. The summed E-state index contributed by atoms with van der Waals surface area (Å²) < 4.78 is 1.73. The zero-order chi connectivity index (χ0) is 9.52. The Kier molecular flexibility index (Phi) is 7.24. The van der Waals surface area contributed by atoms with E-state index in [1.54, 1.807) is 4.68 Å². The van der Waals surface area contributed by atoms with Gasteiger partial charge in [0.2, 0.25) is 0 Å². The van der Waals surface area contributed by atoms with E-state index < -0.39 is 0 Å². The molecule has 14 heavy (non-hydrogen) atoms. The van der Waals surface area contributed by atoms with E-state index in [-0.39, 0.29) is 19.0 Å². The molecular weight excluding hydrogens is 202 g/mol. The molecule has 0 atom stereocenters. The number of rotatable bonds is 6. The lowest BCUT2D eigenvalue weighted by Gasteiger charge is -2.00. The zero-order valence-corrected chi connectivity index (χ0v) is 9.26. The van der Waals surface area contributed by atoms with Gasteiger partial charge in [0.1, 0.15) is 5.82 Å². The first-order valence-corrected chi connectivity index (χ1v) is 4.75. The number of aromatic nitrogens is 2. The van der Waals surface area contributed by atoms with Crippen LogP contribution in [0, 0.1) is 0 Å². The quantitative estimate of drug-likeness (QED) is 0.714. The van der Waals surface area contributed by atoms with E-state index in [0.717, 1.165) is 18.8 Å².